The predicted octanol–water partition coefficient (Wildman–Crippen LogP) is 2.64. The minimum atomic E-state index is -0.0571. The summed E-state index contributed by atoms with van der Waals surface area (Å²) in [6, 6.07) is 7.25. The van der Waals surface area contributed by atoms with Crippen molar-refractivity contribution in [3.63, 3.8) is 0 Å². The molecular formula is C15H17N3O2. The molecule has 5 nitrogen and oxygen atoms in total. The van der Waals surface area contributed by atoms with Crippen LogP contribution in [0.1, 0.15) is 43.4 Å². The van der Waals surface area contributed by atoms with Crippen LogP contribution in [0.4, 0.5) is 5.82 Å². The highest BCUT2D eigenvalue weighted by molar-refractivity contribution is 5.94. The van der Waals surface area contributed by atoms with E-state index in [9.17, 15) is 9.90 Å². The number of rotatable bonds is 2. The third kappa shape index (κ3) is 2.05. The number of hydrogen-bond acceptors (Lipinski definition) is 3. The lowest BCUT2D eigenvalue weighted by Gasteiger charge is -2.24. The molecule has 1 aromatic carbocycles. The Morgan fingerprint density at radius 1 is 1.45 bits per heavy atom. The Morgan fingerprint density at radius 3 is 2.95 bits per heavy atom. The van der Waals surface area contributed by atoms with Gasteiger partial charge in [-0.05, 0) is 31.5 Å². The number of aromatic hydroxyl groups is 1. The fraction of sp³-hybridized carbons (Fsp3) is 0.333. The summed E-state index contributed by atoms with van der Waals surface area (Å²) in [5.74, 6) is 0.905. The van der Waals surface area contributed by atoms with Gasteiger partial charge >= 0.3 is 0 Å². The van der Waals surface area contributed by atoms with Gasteiger partial charge < -0.3 is 10.4 Å². The minimum absolute atomic E-state index is 0.0201. The van der Waals surface area contributed by atoms with E-state index in [-0.39, 0.29) is 23.6 Å². The zero-order valence-corrected chi connectivity index (χ0v) is 11.5. The average Bonchev–Trinajstić information content (AvgIpc) is 2.81. The molecule has 2 N–H and O–H groups in total. The standard InChI is InChI=1S/C15H17N3O2/c1-9(2)18-15-13(8-16-18)12(7-14(20)17-15)10-4-3-5-11(19)6-10/h3-6,8-9,12,19H,7H2,1-2H3,(H,17,20). The number of fused-ring (bicyclic) bond motifs is 1. The number of nitrogens with one attached hydrogen (secondary N) is 1. The van der Waals surface area contributed by atoms with Crippen molar-refractivity contribution >= 4 is 11.7 Å². The largest absolute Gasteiger partial charge is 0.508 e. The van der Waals surface area contributed by atoms with Gasteiger partial charge in [-0.1, -0.05) is 12.1 Å². The number of benzene rings is 1. The molecule has 5 heteroatoms. The second-order valence-corrected chi connectivity index (χ2v) is 5.39. The molecule has 0 saturated carbocycles. The molecule has 1 atom stereocenters. The fourth-order valence-corrected chi connectivity index (χ4v) is 2.67. The number of phenolic OH excluding ortho intramolecular Hbond substituents is 1. The van der Waals surface area contributed by atoms with Gasteiger partial charge in [-0.3, -0.25) is 4.79 Å². The lowest BCUT2D eigenvalue weighted by Crippen LogP contribution is -2.25. The molecule has 1 aromatic heterocycles. The highest BCUT2D eigenvalue weighted by atomic mass is 16.3. The van der Waals surface area contributed by atoms with Crippen molar-refractivity contribution in [2.45, 2.75) is 32.2 Å². The number of nitrogens with zero attached hydrogens (tertiary/aromatic N) is 2. The second kappa shape index (κ2) is 4.67. The van der Waals surface area contributed by atoms with Crippen LogP contribution in [0.5, 0.6) is 5.75 Å². The van der Waals surface area contributed by atoms with Gasteiger partial charge in [-0.25, -0.2) is 4.68 Å². The van der Waals surface area contributed by atoms with Gasteiger partial charge in [0.2, 0.25) is 5.91 Å². The van der Waals surface area contributed by atoms with Crippen LogP contribution in [0.25, 0.3) is 0 Å². The molecule has 1 aliphatic rings. The van der Waals surface area contributed by atoms with E-state index in [1.807, 2.05) is 30.8 Å². The van der Waals surface area contributed by atoms with Crippen LogP contribution in [-0.4, -0.2) is 20.8 Å². The molecule has 0 bridgehead atoms. The first-order chi connectivity index (χ1) is 9.56. The van der Waals surface area contributed by atoms with Crippen LogP contribution < -0.4 is 5.32 Å². The van der Waals surface area contributed by atoms with Crippen molar-refractivity contribution in [1.82, 2.24) is 9.78 Å². The van der Waals surface area contributed by atoms with E-state index in [1.54, 1.807) is 18.2 Å². The van der Waals surface area contributed by atoms with Crippen LogP contribution in [0, 0.1) is 0 Å². The first-order valence-electron chi connectivity index (χ1n) is 6.72. The van der Waals surface area contributed by atoms with E-state index in [4.69, 9.17) is 0 Å². The van der Waals surface area contributed by atoms with Crippen LogP contribution in [-0.2, 0) is 4.79 Å². The lowest BCUT2D eigenvalue weighted by atomic mass is 9.87. The van der Waals surface area contributed by atoms with E-state index in [1.165, 1.54) is 0 Å². The fourth-order valence-electron chi connectivity index (χ4n) is 2.67. The molecule has 104 valence electrons. The zero-order valence-electron chi connectivity index (χ0n) is 11.5. The molecule has 0 fully saturated rings. The van der Waals surface area contributed by atoms with Crippen molar-refractivity contribution < 1.29 is 9.90 Å². The molecular weight excluding hydrogens is 254 g/mol. The summed E-state index contributed by atoms with van der Waals surface area (Å²) in [5.41, 5.74) is 1.94. The summed E-state index contributed by atoms with van der Waals surface area (Å²) in [7, 11) is 0. The molecule has 1 amide bonds. The number of amides is 1. The Balaban J connectivity index is 2.09. The summed E-state index contributed by atoms with van der Waals surface area (Å²) in [5, 5.41) is 16.9. The smallest absolute Gasteiger partial charge is 0.226 e. The summed E-state index contributed by atoms with van der Waals surface area (Å²) in [4.78, 5) is 12.0. The van der Waals surface area contributed by atoms with E-state index >= 15 is 0 Å². The van der Waals surface area contributed by atoms with Gasteiger partial charge in [-0.2, -0.15) is 5.10 Å². The number of anilines is 1. The summed E-state index contributed by atoms with van der Waals surface area (Å²) >= 11 is 0. The minimum Gasteiger partial charge on any atom is -0.508 e. The maximum absolute atomic E-state index is 12.0. The molecule has 0 aliphatic carbocycles. The summed E-state index contributed by atoms with van der Waals surface area (Å²) in [6.45, 7) is 4.05. The van der Waals surface area contributed by atoms with Gasteiger partial charge in [0.05, 0.1) is 6.20 Å². The van der Waals surface area contributed by atoms with Crippen molar-refractivity contribution in [1.29, 1.82) is 0 Å². The molecule has 2 heterocycles. The first kappa shape index (κ1) is 12.7. The maximum atomic E-state index is 12.0. The Labute approximate surface area is 117 Å². The van der Waals surface area contributed by atoms with Crippen LogP contribution in [0.15, 0.2) is 30.5 Å². The third-order valence-corrected chi connectivity index (χ3v) is 3.61. The quantitative estimate of drug-likeness (QED) is 0.882. The Morgan fingerprint density at radius 2 is 2.25 bits per heavy atom. The first-order valence-corrected chi connectivity index (χ1v) is 6.72. The number of phenols is 1. The van der Waals surface area contributed by atoms with Gasteiger partial charge in [0, 0.05) is 23.9 Å². The van der Waals surface area contributed by atoms with Crippen LogP contribution in [0.2, 0.25) is 0 Å². The number of carbonyl (C=O) groups is 1. The highest BCUT2D eigenvalue weighted by Gasteiger charge is 2.30. The molecule has 0 spiro atoms. The Hall–Kier alpha value is -2.30. The Kier molecular flexibility index (Phi) is 2.97. The molecule has 0 saturated heterocycles. The maximum Gasteiger partial charge on any atom is 0.226 e. The van der Waals surface area contributed by atoms with Crippen LogP contribution >= 0.6 is 0 Å². The van der Waals surface area contributed by atoms with Gasteiger partial charge in [0.1, 0.15) is 11.6 Å². The molecule has 1 unspecified atom stereocenters. The van der Waals surface area contributed by atoms with Crippen molar-refractivity contribution in [2.75, 3.05) is 5.32 Å². The number of hydrogen-bond donors (Lipinski definition) is 2. The van der Waals surface area contributed by atoms with Gasteiger partial charge in [0.15, 0.2) is 0 Å². The van der Waals surface area contributed by atoms with Gasteiger partial charge in [-0.15, -0.1) is 0 Å². The molecule has 0 radical (unpaired) electrons. The van der Waals surface area contributed by atoms with E-state index in [0.29, 0.717) is 6.42 Å². The van der Waals surface area contributed by atoms with Crippen molar-refractivity contribution in [3.05, 3.63) is 41.6 Å². The van der Waals surface area contributed by atoms with Gasteiger partial charge in [0.25, 0.3) is 0 Å². The second-order valence-electron chi connectivity index (χ2n) is 5.39. The Bertz CT molecular complexity index is 661. The highest BCUT2D eigenvalue weighted by Crippen LogP contribution is 2.38. The average molecular weight is 271 g/mol. The predicted molar refractivity (Wildman–Crippen MR) is 75.8 cm³/mol. The lowest BCUT2D eigenvalue weighted by molar-refractivity contribution is -0.116. The third-order valence-electron chi connectivity index (χ3n) is 3.61. The molecule has 2 aromatic rings. The normalized spacial score (nSPS) is 17.9. The SMILES string of the molecule is CC(C)n1ncc2c1NC(=O)CC2c1cccc(O)c1. The molecule has 20 heavy (non-hydrogen) atoms. The summed E-state index contributed by atoms with van der Waals surface area (Å²) in [6.07, 6.45) is 2.18. The van der Waals surface area contributed by atoms with E-state index < -0.39 is 0 Å². The molecule has 3 rings (SSSR count). The molecule has 1 aliphatic heterocycles. The topological polar surface area (TPSA) is 67.2 Å². The van der Waals surface area contributed by atoms with Crippen LogP contribution in [0.3, 0.4) is 0 Å². The zero-order chi connectivity index (χ0) is 14.3. The van der Waals surface area contributed by atoms with Crippen molar-refractivity contribution in [2.24, 2.45) is 0 Å². The number of carbonyl (C=O) groups excluding carboxylic acids is 1. The van der Waals surface area contributed by atoms with E-state index in [2.05, 4.69) is 10.4 Å². The van der Waals surface area contributed by atoms with Crippen molar-refractivity contribution in [3.8, 4) is 5.75 Å². The van der Waals surface area contributed by atoms with E-state index in [0.717, 1.165) is 16.9 Å². The monoisotopic (exact) mass is 271 g/mol. The number of aromatic nitrogens is 2. The summed E-state index contributed by atoms with van der Waals surface area (Å²) < 4.78 is 1.82.